The predicted molar refractivity (Wildman–Crippen MR) is 231 cm³/mol. The third-order valence-corrected chi connectivity index (χ3v) is 10.3. The zero-order valence-corrected chi connectivity index (χ0v) is 36.4. The summed E-state index contributed by atoms with van der Waals surface area (Å²) in [6.45, 7) is 3.75. The Morgan fingerprint density at radius 1 is 0.589 bits per heavy atom. The van der Waals surface area contributed by atoms with E-state index in [4.69, 9.17) is 29.4 Å². The number of hydrogen-bond acceptors (Lipinski definition) is 8. The molecule has 11 heteroatoms. The van der Waals surface area contributed by atoms with Crippen molar-refractivity contribution in [1.29, 1.82) is 0 Å². The zero-order valence-electron chi connectivity index (χ0n) is 35.5. The minimum atomic E-state index is -4.62. The molecule has 0 fully saturated rings. The molecule has 3 atom stereocenters. The van der Waals surface area contributed by atoms with E-state index < -0.39 is 45.1 Å². The third kappa shape index (κ3) is 40.1. The van der Waals surface area contributed by atoms with Crippen LogP contribution in [0.5, 0.6) is 0 Å². The highest BCUT2D eigenvalue weighted by molar-refractivity contribution is 7.47. The van der Waals surface area contributed by atoms with Crippen LogP contribution in [0.4, 0.5) is 0 Å². The molecule has 0 heterocycles. The second-order valence-corrected chi connectivity index (χ2v) is 16.3. The molecule has 0 aromatic heterocycles. The van der Waals surface area contributed by atoms with E-state index in [1.165, 1.54) is 96.3 Å². The number of allylic oxidation sites excluding steroid dienone is 8. The van der Waals surface area contributed by atoms with Gasteiger partial charge in [0.1, 0.15) is 12.1 Å². The number of carbonyl (C=O) groups is 2. The Morgan fingerprint density at radius 3 is 1.55 bits per heavy atom. The Morgan fingerprint density at radius 2 is 1.04 bits per heavy atom. The number of phosphoric ester groups is 1. The molecule has 56 heavy (non-hydrogen) atoms. The van der Waals surface area contributed by atoms with Gasteiger partial charge in [0.2, 0.25) is 0 Å². The van der Waals surface area contributed by atoms with Gasteiger partial charge < -0.3 is 25.2 Å². The molecule has 0 aliphatic carbocycles. The second-order valence-electron chi connectivity index (χ2n) is 14.8. The van der Waals surface area contributed by atoms with E-state index in [9.17, 15) is 19.0 Å². The maximum Gasteiger partial charge on any atom is 0.472 e. The van der Waals surface area contributed by atoms with Crippen molar-refractivity contribution < 1.29 is 42.7 Å². The lowest BCUT2D eigenvalue weighted by Gasteiger charge is -2.20. The maximum absolute atomic E-state index is 12.6. The Hall–Kier alpha value is -2.07. The van der Waals surface area contributed by atoms with Crippen LogP contribution in [-0.4, -0.2) is 60.5 Å². The Kier molecular flexibility index (Phi) is 39.6. The molecule has 0 aliphatic rings. The largest absolute Gasteiger partial charge is 0.480 e. The summed E-state index contributed by atoms with van der Waals surface area (Å²) in [4.78, 5) is 33.5. The zero-order chi connectivity index (χ0) is 41.2. The molecule has 326 valence electrons. The van der Waals surface area contributed by atoms with Crippen molar-refractivity contribution in [2.24, 2.45) is 5.73 Å². The van der Waals surface area contributed by atoms with E-state index in [2.05, 4.69) is 62.5 Å². The van der Waals surface area contributed by atoms with Crippen LogP contribution in [-0.2, 0) is 32.7 Å². The summed E-state index contributed by atoms with van der Waals surface area (Å²) in [6, 6.07) is -1.47. The summed E-state index contributed by atoms with van der Waals surface area (Å²) < 4.78 is 33.3. The summed E-state index contributed by atoms with van der Waals surface area (Å²) in [5, 5.41) is 8.89. The molecule has 0 radical (unpaired) electrons. The van der Waals surface area contributed by atoms with Crippen LogP contribution in [0, 0.1) is 0 Å². The van der Waals surface area contributed by atoms with Gasteiger partial charge in [-0.2, -0.15) is 0 Å². The molecule has 0 saturated heterocycles. The van der Waals surface area contributed by atoms with Crippen LogP contribution in [0.1, 0.15) is 187 Å². The van der Waals surface area contributed by atoms with E-state index in [1.54, 1.807) is 0 Å². The average Bonchev–Trinajstić information content (AvgIpc) is 3.18. The lowest BCUT2D eigenvalue weighted by molar-refractivity contribution is -0.154. The van der Waals surface area contributed by atoms with Gasteiger partial charge in [-0.15, -0.1) is 0 Å². The number of aliphatic carboxylic acids is 1. The molecule has 0 rings (SSSR count). The van der Waals surface area contributed by atoms with Gasteiger partial charge >= 0.3 is 19.8 Å². The first kappa shape index (κ1) is 53.9. The number of nitrogens with two attached hydrogens (primary N) is 1. The van der Waals surface area contributed by atoms with Gasteiger partial charge in [-0.3, -0.25) is 18.6 Å². The first-order valence-corrected chi connectivity index (χ1v) is 23.7. The van der Waals surface area contributed by atoms with Crippen LogP contribution in [0.25, 0.3) is 0 Å². The molecule has 0 amide bonds. The van der Waals surface area contributed by atoms with E-state index in [-0.39, 0.29) is 13.0 Å². The number of ether oxygens (including phenoxy) is 2. The molecule has 0 saturated carbocycles. The minimum absolute atomic E-state index is 0.0136. The maximum atomic E-state index is 12.6. The fourth-order valence-electron chi connectivity index (χ4n) is 5.95. The Labute approximate surface area is 341 Å². The molecule has 10 nitrogen and oxygen atoms in total. The topological polar surface area (TPSA) is 155 Å². The van der Waals surface area contributed by atoms with Crippen molar-refractivity contribution in [3.05, 3.63) is 48.6 Å². The summed E-state index contributed by atoms with van der Waals surface area (Å²) in [7, 11) is -4.62. The van der Waals surface area contributed by atoms with Gasteiger partial charge in [0.25, 0.3) is 0 Å². The fourth-order valence-corrected chi connectivity index (χ4v) is 6.73. The summed E-state index contributed by atoms with van der Waals surface area (Å²) in [6.07, 6.45) is 47.3. The highest BCUT2D eigenvalue weighted by Gasteiger charge is 2.27. The van der Waals surface area contributed by atoms with E-state index in [1.807, 2.05) is 0 Å². The fraction of sp³-hybridized carbons (Fsp3) is 0.778. The molecule has 3 unspecified atom stereocenters. The van der Waals surface area contributed by atoms with Crippen LogP contribution in [0.3, 0.4) is 0 Å². The highest BCUT2D eigenvalue weighted by Crippen LogP contribution is 2.43. The monoisotopic (exact) mass is 812 g/mol. The Bertz CT molecular complexity index is 1080. The third-order valence-electron chi connectivity index (χ3n) is 9.37. The number of esters is 1. The summed E-state index contributed by atoms with van der Waals surface area (Å²) in [5.74, 6) is -1.78. The molecule has 0 aromatic carbocycles. The van der Waals surface area contributed by atoms with Gasteiger partial charge in [-0.1, -0.05) is 178 Å². The van der Waals surface area contributed by atoms with Gasteiger partial charge in [-0.25, -0.2) is 4.57 Å². The predicted octanol–water partition coefficient (Wildman–Crippen LogP) is 12.3. The van der Waals surface area contributed by atoms with Crippen molar-refractivity contribution in [1.82, 2.24) is 0 Å². The normalized spacial score (nSPS) is 14.4. The first-order chi connectivity index (χ1) is 27.2. The number of unbranched alkanes of at least 4 members (excludes halogenated alkanes) is 20. The van der Waals surface area contributed by atoms with Crippen molar-refractivity contribution in [3.8, 4) is 0 Å². The van der Waals surface area contributed by atoms with Gasteiger partial charge in [-0.05, 0) is 51.4 Å². The van der Waals surface area contributed by atoms with Gasteiger partial charge in [0, 0.05) is 13.0 Å². The number of phosphoric acid groups is 1. The van der Waals surface area contributed by atoms with Crippen molar-refractivity contribution in [2.75, 3.05) is 26.4 Å². The van der Waals surface area contributed by atoms with E-state index in [0.717, 1.165) is 64.2 Å². The average molecular weight is 812 g/mol. The van der Waals surface area contributed by atoms with E-state index in [0.29, 0.717) is 13.0 Å². The minimum Gasteiger partial charge on any atom is -0.480 e. The second kappa shape index (κ2) is 41.1. The van der Waals surface area contributed by atoms with Crippen LogP contribution in [0.2, 0.25) is 0 Å². The number of carbonyl (C=O) groups excluding carboxylic acids is 1. The quantitative estimate of drug-likeness (QED) is 0.0235. The SMILES string of the molecule is CC/C=C\C/C=C\C/C=C\C/C=C\CCCCCCCCCCCOCC(COP(=O)(O)OCC(N)C(=O)O)OC(=O)CCCCCCCCCCCCCC. The van der Waals surface area contributed by atoms with Gasteiger partial charge in [0.15, 0.2) is 0 Å². The smallest absolute Gasteiger partial charge is 0.472 e. The van der Waals surface area contributed by atoms with Crippen LogP contribution < -0.4 is 5.73 Å². The molecule has 0 aliphatic heterocycles. The first-order valence-electron chi connectivity index (χ1n) is 22.2. The number of carboxylic acids is 1. The highest BCUT2D eigenvalue weighted by atomic mass is 31.2. The van der Waals surface area contributed by atoms with Gasteiger partial charge in [0.05, 0.1) is 19.8 Å². The lowest BCUT2D eigenvalue weighted by atomic mass is 10.0. The molecule has 0 spiro atoms. The number of rotatable bonds is 42. The van der Waals surface area contributed by atoms with Crippen molar-refractivity contribution in [3.63, 3.8) is 0 Å². The molecule has 0 bridgehead atoms. The molecular formula is C45H82NO9P. The van der Waals surface area contributed by atoms with Crippen LogP contribution >= 0.6 is 7.82 Å². The Balaban J connectivity index is 4.17. The molecule has 0 aromatic rings. The number of hydrogen-bond donors (Lipinski definition) is 3. The summed E-state index contributed by atoms with van der Waals surface area (Å²) in [5.41, 5.74) is 5.35. The van der Waals surface area contributed by atoms with Crippen LogP contribution in [0.15, 0.2) is 48.6 Å². The molecular weight excluding hydrogens is 729 g/mol. The lowest BCUT2D eigenvalue weighted by Crippen LogP contribution is -2.34. The molecule has 4 N–H and O–H groups in total. The van der Waals surface area contributed by atoms with E-state index >= 15 is 0 Å². The van der Waals surface area contributed by atoms with Crippen molar-refractivity contribution >= 4 is 19.8 Å². The summed E-state index contributed by atoms with van der Waals surface area (Å²) >= 11 is 0. The number of carboxylic acid groups (broad SMARTS) is 1. The standard InChI is InChI=1S/C45H82NO9P/c1-3-5-7-9-11-13-15-17-18-19-20-21-22-23-24-25-26-28-30-32-34-36-38-52-39-42(40-53-56(50,51)54-41-43(46)45(48)49)55-44(47)37-35-33-31-29-27-16-14-12-10-8-6-4-2/h5,7,11,13,17-18,20-21,42-43H,3-4,6,8-10,12,14-16,19,22-41,46H2,1-2H3,(H,48,49)(H,50,51)/b7-5-,13-11-,18-17-,21-20-. The van der Waals surface area contributed by atoms with Crippen molar-refractivity contribution in [2.45, 2.75) is 199 Å².